The second kappa shape index (κ2) is 6.97. The van der Waals surface area contributed by atoms with Gasteiger partial charge in [0.2, 0.25) is 0 Å². The molecule has 0 saturated carbocycles. The van der Waals surface area contributed by atoms with Crippen molar-refractivity contribution in [3.8, 4) is 5.75 Å². The van der Waals surface area contributed by atoms with Crippen molar-refractivity contribution in [1.82, 2.24) is 5.32 Å². The van der Waals surface area contributed by atoms with Crippen LogP contribution in [-0.2, 0) is 11.2 Å². The van der Waals surface area contributed by atoms with Gasteiger partial charge < -0.3 is 15.2 Å². The van der Waals surface area contributed by atoms with Gasteiger partial charge in [0.25, 0.3) is 5.91 Å². The number of carbonyl (C=O) groups is 2. The van der Waals surface area contributed by atoms with Gasteiger partial charge in [-0.2, -0.15) is 0 Å². The van der Waals surface area contributed by atoms with E-state index in [2.05, 4.69) is 19.2 Å². The van der Waals surface area contributed by atoms with Gasteiger partial charge in [0.15, 0.2) is 6.04 Å². The van der Waals surface area contributed by atoms with Crippen LogP contribution in [0.15, 0.2) is 42.5 Å². The molecule has 2 N–H and O–H groups in total. The van der Waals surface area contributed by atoms with Crippen LogP contribution in [0.2, 0.25) is 0 Å². The Hall–Kier alpha value is -2.82. The number of carbonyl (C=O) groups excluding carboxylic acids is 1. The Labute approximate surface area is 146 Å². The number of hydrogen-bond acceptors (Lipinski definition) is 3. The molecule has 1 heterocycles. The second-order valence-electron chi connectivity index (χ2n) is 6.49. The molecule has 2 aromatic carbocycles. The normalized spacial score (nSPS) is 13.9. The van der Waals surface area contributed by atoms with Crippen LogP contribution >= 0.6 is 0 Å². The Morgan fingerprint density at radius 2 is 1.76 bits per heavy atom. The average Bonchev–Trinajstić information content (AvgIpc) is 3.06. The van der Waals surface area contributed by atoms with E-state index in [1.807, 2.05) is 12.1 Å². The maximum Gasteiger partial charge on any atom is 0.330 e. The lowest BCUT2D eigenvalue weighted by Gasteiger charge is -2.16. The molecule has 0 saturated heterocycles. The zero-order valence-electron chi connectivity index (χ0n) is 14.3. The van der Waals surface area contributed by atoms with E-state index in [1.165, 1.54) is 0 Å². The first-order chi connectivity index (χ1) is 12.0. The number of rotatable bonds is 5. The fourth-order valence-corrected chi connectivity index (χ4v) is 2.91. The van der Waals surface area contributed by atoms with E-state index in [-0.39, 0.29) is 0 Å². The van der Waals surface area contributed by atoms with Crippen LogP contribution in [0.25, 0.3) is 0 Å². The summed E-state index contributed by atoms with van der Waals surface area (Å²) in [6.07, 6.45) is 0.750. The molecule has 5 nitrogen and oxygen atoms in total. The number of nitrogens with one attached hydrogen (secondary N) is 1. The van der Waals surface area contributed by atoms with Gasteiger partial charge in [0.1, 0.15) is 5.75 Å². The number of hydrogen-bond donors (Lipinski definition) is 2. The van der Waals surface area contributed by atoms with Crippen molar-refractivity contribution in [3.63, 3.8) is 0 Å². The summed E-state index contributed by atoms with van der Waals surface area (Å²) in [6.45, 7) is 4.76. The maximum atomic E-state index is 12.4. The van der Waals surface area contributed by atoms with Crippen molar-refractivity contribution in [3.05, 3.63) is 64.7 Å². The van der Waals surface area contributed by atoms with Crippen molar-refractivity contribution in [2.24, 2.45) is 0 Å². The van der Waals surface area contributed by atoms with Gasteiger partial charge in [-0.15, -0.1) is 0 Å². The number of amides is 1. The second-order valence-corrected chi connectivity index (χ2v) is 6.49. The number of carboxylic acids is 1. The Balaban J connectivity index is 1.80. The van der Waals surface area contributed by atoms with E-state index < -0.39 is 17.9 Å². The predicted molar refractivity (Wildman–Crippen MR) is 94.0 cm³/mol. The topological polar surface area (TPSA) is 75.6 Å². The summed E-state index contributed by atoms with van der Waals surface area (Å²) in [7, 11) is 0. The van der Waals surface area contributed by atoms with Gasteiger partial charge >= 0.3 is 5.97 Å². The number of benzene rings is 2. The molecule has 0 fully saturated rings. The van der Waals surface area contributed by atoms with E-state index in [9.17, 15) is 14.7 Å². The molecule has 0 aromatic heterocycles. The SMILES string of the molecule is CC(C)c1ccc(C(=O)NC(C(=O)O)c2ccc3c(c2)CCO3)cc1. The van der Waals surface area contributed by atoms with E-state index in [0.717, 1.165) is 23.3 Å². The molecule has 130 valence electrons. The van der Waals surface area contributed by atoms with E-state index in [0.29, 0.717) is 23.7 Å². The molecule has 5 heteroatoms. The summed E-state index contributed by atoms with van der Waals surface area (Å²) in [6, 6.07) is 11.4. The van der Waals surface area contributed by atoms with Crippen LogP contribution in [0.1, 0.15) is 52.9 Å². The zero-order chi connectivity index (χ0) is 18.0. The van der Waals surface area contributed by atoms with E-state index in [4.69, 9.17) is 4.74 Å². The molecular formula is C20H21NO4. The number of fused-ring (bicyclic) bond motifs is 1. The summed E-state index contributed by atoms with van der Waals surface area (Å²) in [5.74, 6) is -0.341. The lowest BCUT2D eigenvalue weighted by molar-refractivity contribution is -0.139. The molecule has 2 aromatic rings. The quantitative estimate of drug-likeness (QED) is 0.876. The number of carboxylic acid groups (broad SMARTS) is 1. The molecule has 0 radical (unpaired) electrons. The maximum absolute atomic E-state index is 12.4. The molecule has 1 aliphatic rings. The molecule has 1 amide bonds. The molecule has 0 aliphatic carbocycles. The lowest BCUT2D eigenvalue weighted by Crippen LogP contribution is -2.33. The summed E-state index contributed by atoms with van der Waals surface area (Å²) < 4.78 is 5.44. The summed E-state index contributed by atoms with van der Waals surface area (Å²) in [5, 5.41) is 12.2. The van der Waals surface area contributed by atoms with Crippen LogP contribution in [0.5, 0.6) is 5.75 Å². The molecule has 1 aliphatic heterocycles. The highest BCUT2D eigenvalue weighted by molar-refractivity contribution is 5.96. The van der Waals surface area contributed by atoms with Gasteiger partial charge in [-0.25, -0.2) is 4.79 Å². The number of ether oxygens (including phenoxy) is 1. The molecule has 25 heavy (non-hydrogen) atoms. The number of aliphatic carboxylic acids is 1. The van der Waals surface area contributed by atoms with Gasteiger partial charge in [-0.05, 0) is 46.9 Å². The molecule has 1 unspecified atom stereocenters. The summed E-state index contributed by atoms with van der Waals surface area (Å²) >= 11 is 0. The monoisotopic (exact) mass is 339 g/mol. The Kier molecular flexibility index (Phi) is 4.74. The third-order valence-corrected chi connectivity index (χ3v) is 4.41. The smallest absolute Gasteiger partial charge is 0.330 e. The minimum Gasteiger partial charge on any atom is -0.493 e. The highest BCUT2D eigenvalue weighted by Gasteiger charge is 2.24. The van der Waals surface area contributed by atoms with Crippen LogP contribution < -0.4 is 10.1 Å². The zero-order valence-corrected chi connectivity index (χ0v) is 14.3. The van der Waals surface area contributed by atoms with Crippen LogP contribution in [0.4, 0.5) is 0 Å². The molecule has 0 bridgehead atoms. The van der Waals surface area contributed by atoms with Gasteiger partial charge in [-0.1, -0.05) is 32.0 Å². The van der Waals surface area contributed by atoms with Crippen LogP contribution in [-0.4, -0.2) is 23.6 Å². The first kappa shape index (κ1) is 17.0. The van der Waals surface area contributed by atoms with Crippen molar-refractivity contribution in [1.29, 1.82) is 0 Å². The van der Waals surface area contributed by atoms with Gasteiger partial charge in [0.05, 0.1) is 6.61 Å². The first-order valence-electron chi connectivity index (χ1n) is 8.35. The average molecular weight is 339 g/mol. The highest BCUT2D eigenvalue weighted by atomic mass is 16.5. The Bertz CT molecular complexity index is 796. The largest absolute Gasteiger partial charge is 0.493 e. The van der Waals surface area contributed by atoms with Crippen molar-refractivity contribution in [2.75, 3.05) is 6.61 Å². The van der Waals surface area contributed by atoms with Crippen molar-refractivity contribution < 1.29 is 19.4 Å². The fourth-order valence-electron chi connectivity index (χ4n) is 2.91. The van der Waals surface area contributed by atoms with Gasteiger partial charge in [-0.3, -0.25) is 4.79 Å². The molecule has 1 atom stereocenters. The van der Waals surface area contributed by atoms with E-state index >= 15 is 0 Å². The van der Waals surface area contributed by atoms with E-state index in [1.54, 1.807) is 30.3 Å². The fraction of sp³-hybridized carbons (Fsp3) is 0.300. The minimum atomic E-state index is -1.09. The van der Waals surface area contributed by atoms with Crippen molar-refractivity contribution in [2.45, 2.75) is 32.2 Å². The van der Waals surface area contributed by atoms with Crippen molar-refractivity contribution >= 4 is 11.9 Å². The Morgan fingerprint density at radius 1 is 1.08 bits per heavy atom. The standard InChI is InChI=1S/C20H21NO4/c1-12(2)13-3-5-14(6-4-13)19(22)21-18(20(23)24)16-7-8-17-15(11-16)9-10-25-17/h3-8,11-12,18H,9-10H2,1-2H3,(H,21,22)(H,23,24). The summed E-state index contributed by atoms with van der Waals surface area (Å²) in [5.41, 5.74) is 3.09. The Morgan fingerprint density at radius 3 is 2.40 bits per heavy atom. The highest BCUT2D eigenvalue weighted by Crippen LogP contribution is 2.28. The first-order valence-corrected chi connectivity index (χ1v) is 8.35. The molecule has 0 spiro atoms. The van der Waals surface area contributed by atoms with Crippen LogP contribution in [0, 0.1) is 0 Å². The minimum absolute atomic E-state index is 0.373. The van der Waals surface area contributed by atoms with Gasteiger partial charge in [0, 0.05) is 12.0 Å². The summed E-state index contributed by atoms with van der Waals surface area (Å²) in [4.78, 5) is 24.1. The molecule has 3 rings (SSSR count). The van der Waals surface area contributed by atoms with Crippen LogP contribution in [0.3, 0.4) is 0 Å². The third kappa shape index (κ3) is 3.65. The third-order valence-electron chi connectivity index (χ3n) is 4.41. The predicted octanol–water partition coefficient (Wildman–Crippen LogP) is 3.30. The molecular weight excluding hydrogens is 318 g/mol. The lowest BCUT2D eigenvalue weighted by atomic mass is 10.0.